The summed E-state index contributed by atoms with van der Waals surface area (Å²) in [5.74, 6) is 0.599. The van der Waals surface area contributed by atoms with Crippen LogP contribution in [0.4, 0.5) is 5.82 Å². The van der Waals surface area contributed by atoms with Gasteiger partial charge in [0.05, 0.1) is 29.5 Å². The summed E-state index contributed by atoms with van der Waals surface area (Å²) in [6, 6.07) is 17.4. The van der Waals surface area contributed by atoms with E-state index in [2.05, 4.69) is 16.4 Å². The van der Waals surface area contributed by atoms with E-state index in [-0.39, 0.29) is 5.91 Å². The van der Waals surface area contributed by atoms with Gasteiger partial charge in [0.1, 0.15) is 5.82 Å². The summed E-state index contributed by atoms with van der Waals surface area (Å²) in [6.45, 7) is 8.91. The molecule has 3 heterocycles. The molecule has 0 saturated carbocycles. The molecule has 0 aliphatic carbocycles. The minimum atomic E-state index is 0.0356. The largest absolute Gasteiger partial charge is 0.384 e. The molecule has 9 heteroatoms. The van der Waals surface area contributed by atoms with E-state index in [1.165, 1.54) is 0 Å². The number of anilines is 1. The Bertz CT molecular complexity index is 1410. The van der Waals surface area contributed by atoms with Crippen molar-refractivity contribution in [1.29, 1.82) is 0 Å². The van der Waals surface area contributed by atoms with Crippen molar-refractivity contribution in [3.05, 3.63) is 87.9 Å². The topological polar surface area (TPSA) is 97.5 Å². The maximum Gasteiger partial charge on any atom is 0.254 e. The number of carbonyl (C=O) groups is 2. The number of pyridine rings is 1. The normalized spacial score (nSPS) is 12.8. The third kappa shape index (κ3) is 8.39. The van der Waals surface area contributed by atoms with E-state index in [9.17, 15) is 9.59 Å². The summed E-state index contributed by atoms with van der Waals surface area (Å²) >= 11 is 8.07. The standard InChI is InChI=1S/C21H19ClN2O3S.C8H10N2.C2H6/c22-19-11-16(9-17-10-18(12-23-13-25)28-20(17)19)14-1-3-15(4-2-14)21(26)24-5-7-27-8-6-24;1-2-3-7-4-5-8(9)10-6-7;1-2/h1-4,9-11,13H,5-8,12H2,(H,23,25);2-6H,1H3,(H2,9,10);1-2H3/b;3-2+;. The molecule has 2 aromatic carbocycles. The van der Waals surface area contributed by atoms with E-state index >= 15 is 0 Å². The van der Waals surface area contributed by atoms with Gasteiger partial charge in [-0.3, -0.25) is 9.59 Å². The number of allylic oxidation sites excluding steroid dienone is 1. The molecule has 7 nitrogen and oxygen atoms in total. The van der Waals surface area contributed by atoms with Crippen LogP contribution in [0.5, 0.6) is 0 Å². The second-order valence-electron chi connectivity index (χ2n) is 8.59. The van der Waals surface area contributed by atoms with Gasteiger partial charge in [-0.2, -0.15) is 0 Å². The zero-order valence-electron chi connectivity index (χ0n) is 23.0. The van der Waals surface area contributed by atoms with E-state index in [0.717, 1.165) is 31.7 Å². The number of nitrogen functional groups attached to an aromatic ring is 1. The number of nitrogens with zero attached hydrogens (tertiary/aromatic N) is 2. The van der Waals surface area contributed by atoms with Crippen LogP contribution in [0.25, 0.3) is 27.3 Å². The first-order valence-corrected chi connectivity index (χ1v) is 14.4. The maximum absolute atomic E-state index is 12.6. The zero-order chi connectivity index (χ0) is 28.9. The number of nitrogens with two attached hydrogens (primary N) is 1. The Labute approximate surface area is 244 Å². The minimum absolute atomic E-state index is 0.0356. The lowest BCUT2D eigenvalue weighted by molar-refractivity contribution is -0.109. The Morgan fingerprint density at radius 2 is 1.82 bits per heavy atom. The van der Waals surface area contributed by atoms with Crippen LogP contribution in [0.2, 0.25) is 5.02 Å². The number of hydrogen-bond acceptors (Lipinski definition) is 6. The number of amides is 2. The fourth-order valence-corrected chi connectivity index (χ4v) is 5.36. The third-order valence-electron chi connectivity index (χ3n) is 5.91. The number of nitrogens with one attached hydrogen (secondary N) is 1. The number of fused-ring (bicyclic) bond motifs is 1. The smallest absolute Gasteiger partial charge is 0.254 e. The lowest BCUT2D eigenvalue weighted by Gasteiger charge is -2.26. The van der Waals surface area contributed by atoms with E-state index < -0.39 is 0 Å². The number of morpholine rings is 1. The molecule has 1 saturated heterocycles. The Hall–Kier alpha value is -3.72. The second-order valence-corrected chi connectivity index (χ2v) is 10.1. The van der Waals surface area contributed by atoms with Crippen LogP contribution < -0.4 is 11.1 Å². The molecule has 0 unspecified atom stereocenters. The highest BCUT2D eigenvalue weighted by atomic mass is 35.5. The van der Waals surface area contributed by atoms with Crippen LogP contribution in [0.3, 0.4) is 0 Å². The van der Waals surface area contributed by atoms with Crippen LogP contribution in [0.15, 0.2) is 66.9 Å². The first-order chi connectivity index (χ1) is 19.5. The summed E-state index contributed by atoms with van der Waals surface area (Å²) < 4.78 is 6.31. The van der Waals surface area contributed by atoms with E-state index in [0.29, 0.717) is 55.7 Å². The van der Waals surface area contributed by atoms with Crippen molar-refractivity contribution in [3.63, 3.8) is 0 Å². The van der Waals surface area contributed by atoms with Gasteiger partial charge in [0.15, 0.2) is 0 Å². The van der Waals surface area contributed by atoms with Gasteiger partial charge in [0, 0.05) is 29.7 Å². The van der Waals surface area contributed by atoms with Gasteiger partial charge < -0.3 is 20.7 Å². The highest BCUT2D eigenvalue weighted by Gasteiger charge is 2.18. The predicted molar refractivity (Wildman–Crippen MR) is 167 cm³/mol. The molecule has 40 heavy (non-hydrogen) atoms. The van der Waals surface area contributed by atoms with E-state index in [1.54, 1.807) is 23.6 Å². The molecule has 0 bridgehead atoms. The molecular weight excluding hydrogens is 544 g/mol. The molecule has 4 aromatic rings. The first-order valence-electron chi connectivity index (χ1n) is 13.2. The Kier molecular flexibility index (Phi) is 12.1. The van der Waals surface area contributed by atoms with Gasteiger partial charge >= 0.3 is 0 Å². The molecule has 2 aromatic heterocycles. The van der Waals surface area contributed by atoms with Gasteiger partial charge in [-0.1, -0.05) is 49.7 Å². The summed E-state index contributed by atoms with van der Waals surface area (Å²) in [6.07, 6.45) is 6.38. The lowest BCUT2D eigenvalue weighted by Crippen LogP contribution is -2.40. The molecule has 210 valence electrons. The number of aromatic nitrogens is 1. The van der Waals surface area contributed by atoms with Crippen LogP contribution in [0.1, 0.15) is 41.6 Å². The van der Waals surface area contributed by atoms with Crippen molar-refractivity contribution in [3.8, 4) is 11.1 Å². The van der Waals surface area contributed by atoms with Crippen molar-refractivity contribution in [2.24, 2.45) is 0 Å². The first kappa shape index (κ1) is 30.8. The zero-order valence-corrected chi connectivity index (χ0v) is 24.6. The van der Waals surface area contributed by atoms with Crippen molar-refractivity contribution in [1.82, 2.24) is 15.2 Å². The summed E-state index contributed by atoms with van der Waals surface area (Å²) in [4.78, 5) is 29.9. The number of rotatable bonds is 6. The van der Waals surface area contributed by atoms with Gasteiger partial charge in [-0.05, 0) is 71.5 Å². The maximum atomic E-state index is 12.6. The van der Waals surface area contributed by atoms with Crippen LogP contribution in [-0.4, -0.2) is 48.5 Å². The highest BCUT2D eigenvalue weighted by molar-refractivity contribution is 7.19. The predicted octanol–water partition coefficient (Wildman–Crippen LogP) is 6.66. The fraction of sp³-hybridized carbons (Fsp3) is 0.258. The fourth-order valence-electron chi connectivity index (χ4n) is 4.02. The molecule has 5 rings (SSSR count). The summed E-state index contributed by atoms with van der Waals surface area (Å²) in [5, 5.41) is 4.41. The molecule has 0 radical (unpaired) electrons. The quantitative estimate of drug-likeness (QED) is 0.249. The number of hydrogen-bond donors (Lipinski definition) is 2. The van der Waals surface area contributed by atoms with Crippen LogP contribution in [-0.2, 0) is 16.1 Å². The van der Waals surface area contributed by atoms with Gasteiger partial charge in [-0.15, -0.1) is 11.3 Å². The van der Waals surface area contributed by atoms with E-state index in [1.807, 2.05) is 80.3 Å². The number of carbonyl (C=O) groups excluding carboxylic acids is 2. The van der Waals surface area contributed by atoms with Crippen molar-refractivity contribution < 1.29 is 14.3 Å². The molecule has 0 atom stereocenters. The van der Waals surface area contributed by atoms with Gasteiger partial charge in [-0.25, -0.2) is 4.98 Å². The number of benzene rings is 2. The number of halogens is 1. The molecule has 1 aliphatic heterocycles. The Morgan fingerprint density at radius 1 is 1.10 bits per heavy atom. The Morgan fingerprint density at radius 3 is 2.45 bits per heavy atom. The minimum Gasteiger partial charge on any atom is -0.384 e. The molecular formula is C31H35ClN4O3S. The van der Waals surface area contributed by atoms with E-state index in [4.69, 9.17) is 22.1 Å². The third-order valence-corrected chi connectivity index (χ3v) is 7.51. The molecule has 3 N–H and O–H groups in total. The highest BCUT2D eigenvalue weighted by Crippen LogP contribution is 2.36. The van der Waals surface area contributed by atoms with Crippen molar-refractivity contribution in [2.75, 3.05) is 32.0 Å². The average molecular weight is 579 g/mol. The molecule has 1 aliphatic rings. The van der Waals surface area contributed by atoms with Gasteiger partial charge in [0.25, 0.3) is 5.91 Å². The molecule has 2 amide bonds. The van der Waals surface area contributed by atoms with Crippen LogP contribution in [0, 0.1) is 0 Å². The molecule has 0 spiro atoms. The number of ether oxygens (including phenoxy) is 1. The monoisotopic (exact) mass is 578 g/mol. The van der Waals surface area contributed by atoms with Crippen LogP contribution >= 0.6 is 22.9 Å². The average Bonchev–Trinajstić information content (AvgIpc) is 3.43. The number of thiophene rings is 1. The second kappa shape index (κ2) is 15.8. The molecule has 1 fully saturated rings. The summed E-state index contributed by atoms with van der Waals surface area (Å²) in [5.41, 5.74) is 9.14. The SMILES string of the molecule is C/C=C/c1ccc(N)nc1.CC.O=CNCc1cc2cc(-c3ccc(C(=O)N4CCOCC4)cc3)cc(Cl)c2s1. The Balaban J connectivity index is 0.000000309. The van der Waals surface area contributed by atoms with Crippen molar-refractivity contribution in [2.45, 2.75) is 27.3 Å². The van der Waals surface area contributed by atoms with Crippen molar-refractivity contribution >= 4 is 57.2 Å². The lowest BCUT2D eigenvalue weighted by atomic mass is 10.0. The van der Waals surface area contributed by atoms with Gasteiger partial charge in [0.2, 0.25) is 6.41 Å². The summed E-state index contributed by atoms with van der Waals surface area (Å²) in [7, 11) is 0.